The number of benzene rings is 2. The van der Waals surface area contributed by atoms with Crippen LogP contribution in [0.5, 0.6) is 5.75 Å². The number of nitrogens with zero attached hydrogens (tertiary/aromatic N) is 1. The van der Waals surface area contributed by atoms with Crippen molar-refractivity contribution < 1.29 is 23.9 Å². The van der Waals surface area contributed by atoms with E-state index in [9.17, 15) is 14.4 Å². The molecule has 2 aromatic carbocycles. The minimum Gasteiger partial charge on any atom is -0.494 e. The predicted octanol–water partition coefficient (Wildman–Crippen LogP) is 3.70. The summed E-state index contributed by atoms with van der Waals surface area (Å²) >= 11 is 0. The number of nitrogens with one attached hydrogen (secondary N) is 1. The molecule has 1 N–H and O–H groups in total. The summed E-state index contributed by atoms with van der Waals surface area (Å²) in [4.78, 5) is 37.9. The Bertz CT molecular complexity index is 931. The third kappa shape index (κ3) is 8.60. The highest BCUT2D eigenvalue weighted by molar-refractivity contribution is 5.94. The van der Waals surface area contributed by atoms with Crippen LogP contribution in [-0.2, 0) is 26.3 Å². The van der Waals surface area contributed by atoms with Crippen LogP contribution in [0, 0.1) is 0 Å². The van der Waals surface area contributed by atoms with Gasteiger partial charge in [0.15, 0.2) is 6.61 Å². The zero-order valence-electron chi connectivity index (χ0n) is 20.1. The van der Waals surface area contributed by atoms with Crippen molar-refractivity contribution >= 4 is 17.8 Å². The molecule has 0 spiro atoms. The molecular formula is C26H34N2O5. The highest BCUT2D eigenvalue weighted by Gasteiger charge is 2.15. The molecule has 0 saturated carbocycles. The summed E-state index contributed by atoms with van der Waals surface area (Å²) in [5, 5.41) is 2.70. The van der Waals surface area contributed by atoms with Crippen LogP contribution in [-0.4, -0.2) is 49.5 Å². The number of esters is 1. The molecule has 0 aliphatic heterocycles. The van der Waals surface area contributed by atoms with E-state index in [1.807, 2.05) is 43.3 Å². The Balaban J connectivity index is 1.69. The molecule has 0 aliphatic carbocycles. The van der Waals surface area contributed by atoms with Crippen LogP contribution in [0.1, 0.15) is 55.6 Å². The monoisotopic (exact) mass is 454 g/mol. The van der Waals surface area contributed by atoms with Gasteiger partial charge in [-0.2, -0.15) is 0 Å². The molecule has 7 heteroatoms. The second-order valence-corrected chi connectivity index (χ2v) is 8.82. The van der Waals surface area contributed by atoms with Gasteiger partial charge in [-0.05, 0) is 47.7 Å². The van der Waals surface area contributed by atoms with Crippen molar-refractivity contribution in [3.05, 3.63) is 65.2 Å². The van der Waals surface area contributed by atoms with Crippen LogP contribution >= 0.6 is 0 Å². The molecule has 0 bridgehead atoms. The first-order chi connectivity index (χ1) is 15.6. The average Bonchev–Trinajstić information content (AvgIpc) is 2.78. The lowest BCUT2D eigenvalue weighted by Crippen LogP contribution is -2.31. The van der Waals surface area contributed by atoms with Crippen molar-refractivity contribution in [1.29, 1.82) is 0 Å². The second-order valence-electron chi connectivity index (χ2n) is 8.82. The Morgan fingerprint density at radius 3 is 2.18 bits per heavy atom. The lowest BCUT2D eigenvalue weighted by Gasteiger charge is -2.19. The molecule has 33 heavy (non-hydrogen) atoms. The van der Waals surface area contributed by atoms with E-state index in [2.05, 4.69) is 26.1 Å². The van der Waals surface area contributed by atoms with Gasteiger partial charge in [-0.1, -0.05) is 45.0 Å². The van der Waals surface area contributed by atoms with E-state index in [4.69, 9.17) is 9.47 Å². The zero-order valence-corrected chi connectivity index (χ0v) is 20.1. The fraction of sp³-hybridized carbons (Fsp3) is 0.423. The fourth-order valence-electron chi connectivity index (χ4n) is 3.05. The van der Waals surface area contributed by atoms with Crippen LogP contribution in [0.4, 0.5) is 0 Å². The molecule has 7 nitrogen and oxygen atoms in total. The van der Waals surface area contributed by atoms with Crippen molar-refractivity contribution in [3.8, 4) is 5.75 Å². The van der Waals surface area contributed by atoms with Crippen LogP contribution in [0.25, 0.3) is 0 Å². The number of rotatable bonds is 10. The maximum atomic E-state index is 12.2. The number of amides is 2. The molecule has 2 rings (SSSR count). The summed E-state index contributed by atoms with van der Waals surface area (Å²) in [6.07, 6.45) is -0.0122. The summed E-state index contributed by atoms with van der Waals surface area (Å²) in [5.74, 6) is -0.325. The standard InChI is InChI=1S/C26H34N2O5/c1-6-32-22-13-7-19(8-14-22)17-28(5)23(29)18-33-24(30)15-16-27-25(31)20-9-11-21(12-10-20)26(2,3)4/h7-14H,6,15-18H2,1-5H3,(H,27,31). The van der Waals surface area contributed by atoms with Gasteiger partial charge in [0.25, 0.3) is 11.8 Å². The van der Waals surface area contributed by atoms with Crippen molar-refractivity contribution in [1.82, 2.24) is 10.2 Å². The maximum Gasteiger partial charge on any atom is 0.308 e. The highest BCUT2D eigenvalue weighted by Crippen LogP contribution is 2.22. The number of carbonyl (C=O) groups excluding carboxylic acids is 3. The normalized spacial score (nSPS) is 10.9. The highest BCUT2D eigenvalue weighted by atomic mass is 16.5. The van der Waals surface area contributed by atoms with Gasteiger partial charge in [-0.3, -0.25) is 14.4 Å². The molecule has 0 aromatic heterocycles. The largest absolute Gasteiger partial charge is 0.494 e. The SMILES string of the molecule is CCOc1ccc(CN(C)C(=O)COC(=O)CCNC(=O)c2ccc(C(C)(C)C)cc2)cc1. The van der Waals surface area contributed by atoms with Gasteiger partial charge in [-0.25, -0.2) is 0 Å². The Morgan fingerprint density at radius 1 is 0.970 bits per heavy atom. The number of likely N-dealkylation sites (N-methyl/N-ethyl adjacent to an activating group) is 1. The third-order valence-corrected chi connectivity index (χ3v) is 5.06. The molecule has 0 heterocycles. The lowest BCUT2D eigenvalue weighted by atomic mass is 9.87. The van der Waals surface area contributed by atoms with Crippen molar-refractivity contribution in [2.24, 2.45) is 0 Å². The van der Waals surface area contributed by atoms with Gasteiger partial charge in [0, 0.05) is 25.7 Å². The molecule has 0 saturated heterocycles. The zero-order chi connectivity index (χ0) is 24.4. The Morgan fingerprint density at radius 2 is 1.61 bits per heavy atom. The van der Waals surface area contributed by atoms with Gasteiger partial charge < -0.3 is 19.7 Å². The first-order valence-electron chi connectivity index (χ1n) is 11.1. The summed E-state index contributed by atoms with van der Waals surface area (Å²) < 4.78 is 10.5. The summed E-state index contributed by atoms with van der Waals surface area (Å²) in [6.45, 7) is 9.03. The van der Waals surface area contributed by atoms with Crippen molar-refractivity contribution in [2.45, 2.75) is 46.1 Å². The van der Waals surface area contributed by atoms with Crippen LogP contribution in [0.15, 0.2) is 48.5 Å². The Kier molecular flexibility index (Phi) is 9.45. The maximum absolute atomic E-state index is 12.2. The molecule has 0 radical (unpaired) electrons. The van der Waals surface area contributed by atoms with Gasteiger partial charge >= 0.3 is 5.97 Å². The first-order valence-corrected chi connectivity index (χ1v) is 11.1. The third-order valence-electron chi connectivity index (χ3n) is 5.06. The smallest absolute Gasteiger partial charge is 0.308 e. The fourth-order valence-corrected chi connectivity index (χ4v) is 3.05. The van der Waals surface area contributed by atoms with Crippen molar-refractivity contribution in [2.75, 3.05) is 26.8 Å². The summed E-state index contributed by atoms with van der Waals surface area (Å²) in [6, 6.07) is 14.9. The lowest BCUT2D eigenvalue weighted by molar-refractivity contribution is -0.151. The van der Waals surface area contributed by atoms with Gasteiger partial charge in [-0.15, -0.1) is 0 Å². The van der Waals surface area contributed by atoms with E-state index >= 15 is 0 Å². The molecule has 2 amide bonds. The summed E-state index contributed by atoms with van der Waals surface area (Å²) in [7, 11) is 1.65. The van der Waals surface area contributed by atoms with E-state index in [-0.39, 0.29) is 36.8 Å². The molecule has 2 aromatic rings. The van der Waals surface area contributed by atoms with Crippen LogP contribution < -0.4 is 10.1 Å². The quantitative estimate of drug-likeness (QED) is 0.554. The number of hydrogen-bond donors (Lipinski definition) is 1. The average molecular weight is 455 g/mol. The number of carbonyl (C=O) groups is 3. The van der Waals surface area contributed by atoms with Gasteiger partial charge in [0.05, 0.1) is 13.0 Å². The van der Waals surface area contributed by atoms with E-state index in [0.29, 0.717) is 18.7 Å². The second kappa shape index (κ2) is 12.0. The van der Waals surface area contributed by atoms with Crippen LogP contribution in [0.2, 0.25) is 0 Å². The Hall–Kier alpha value is -3.35. The first kappa shape index (κ1) is 25.9. The van der Waals surface area contributed by atoms with E-state index < -0.39 is 5.97 Å². The predicted molar refractivity (Wildman–Crippen MR) is 127 cm³/mol. The van der Waals surface area contributed by atoms with E-state index in [0.717, 1.165) is 16.9 Å². The molecule has 0 fully saturated rings. The van der Waals surface area contributed by atoms with E-state index in [1.54, 1.807) is 19.2 Å². The van der Waals surface area contributed by atoms with Crippen molar-refractivity contribution in [3.63, 3.8) is 0 Å². The minimum absolute atomic E-state index is 0.0122. The molecule has 178 valence electrons. The molecule has 0 atom stereocenters. The summed E-state index contributed by atoms with van der Waals surface area (Å²) in [5.41, 5.74) is 2.62. The minimum atomic E-state index is -0.541. The Labute approximate surface area is 196 Å². The topological polar surface area (TPSA) is 84.9 Å². The molecule has 0 aliphatic rings. The molecular weight excluding hydrogens is 420 g/mol. The molecule has 0 unspecified atom stereocenters. The van der Waals surface area contributed by atoms with E-state index in [1.165, 1.54) is 4.90 Å². The number of ether oxygens (including phenoxy) is 2. The van der Waals surface area contributed by atoms with Gasteiger partial charge in [0.1, 0.15) is 5.75 Å². The van der Waals surface area contributed by atoms with Crippen LogP contribution in [0.3, 0.4) is 0 Å². The number of hydrogen-bond acceptors (Lipinski definition) is 5. The van der Waals surface area contributed by atoms with Gasteiger partial charge in [0.2, 0.25) is 0 Å².